The van der Waals surface area contributed by atoms with Gasteiger partial charge in [0.25, 0.3) is 0 Å². The van der Waals surface area contributed by atoms with Gasteiger partial charge >= 0.3 is 6.09 Å². The molecule has 2 N–H and O–H groups in total. The van der Waals surface area contributed by atoms with E-state index in [4.69, 9.17) is 9.84 Å². The second-order valence-corrected chi connectivity index (χ2v) is 5.60. The Labute approximate surface area is 142 Å². The average Bonchev–Trinajstić information content (AvgIpc) is 3.19. The maximum Gasteiger partial charge on any atom is 0.414 e. The number of hydrogen-bond donors (Lipinski definition) is 2. The third-order valence-corrected chi connectivity index (χ3v) is 3.83. The van der Waals surface area contributed by atoms with Gasteiger partial charge in [-0.2, -0.15) is 0 Å². The fraction of sp³-hybridized carbons (Fsp3) is 0.312. The number of rotatable bonds is 5. The number of cyclic esters (lactones) is 1. The van der Waals surface area contributed by atoms with Crippen LogP contribution < -0.4 is 10.2 Å². The fourth-order valence-corrected chi connectivity index (χ4v) is 2.62. The van der Waals surface area contributed by atoms with E-state index >= 15 is 0 Å². The number of anilines is 1. The monoisotopic (exact) mass is 348 g/mol. The van der Waals surface area contributed by atoms with Crippen LogP contribution in [0.1, 0.15) is 12.6 Å². The predicted molar refractivity (Wildman–Crippen MR) is 85.7 cm³/mol. The quantitative estimate of drug-likeness (QED) is 0.839. The lowest BCUT2D eigenvalue weighted by molar-refractivity contribution is -0.119. The van der Waals surface area contributed by atoms with Crippen LogP contribution in [-0.4, -0.2) is 45.9 Å². The molecule has 132 valence electrons. The summed E-state index contributed by atoms with van der Waals surface area (Å²) in [5, 5.41) is 11.7. The number of nitrogens with one attached hydrogen (secondary N) is 1. The topological polar surface area (TPSA) is 96.7 Å². The number of aliphatic hydroxyl groups excluding tert-OH is 1. The summed E-state index contributed by atoms with van der Waals surface area (Å²) in [7, 11) is 0. The lowest BCUT2D eigenvalue weighted by Gasteiger charge is -2.22. The van der Waals surface area contributed by atoms with Crippen molar-refractivity contribution in [2.24, 2.45) is 0 Å². The van der Waals surface area contributed by atoms with E-state index < -0.39 is 18.0 Å². The van der Waals surface area contributed by atoms with Gasteiger partial charge in [0.15, 0.2) is 0 Å². The van der Waals surface area contributed by atoms with Crippen molar-refractivity contribution < 1.29 is 23.8 Å². The Hall–Kier alpha value is -2.94. The molecule has 25 heavy (non-hydrogen) atoms. The molecule has 1 aliphatic heterocycles. The van der Waals surface area contributed by atoms with Crippen LogP contribution in [0.3, 0.4) is 0 Å². The molecule has 1 fully saturated rings. The molecule has 8 nitrogen and oxygen atoms in total. The Morgan fingerprint density at radius 3 is 2.96 bits per heavy atom. The molecular formula is C16H17FN4O4. The number of benzene rings is 1. The number of aromatic nitrogens is 2. The van der Waals surface area contributed by atoms with Crippen molar-refractivity contribution in [1.29, 1.82) is 0 Å². The molecule has 0 radical (unpaired) electrons. The number of carbonyl (C=O) groups excluding carboxylic acids is 2. The van der Waals surface area contributed by atoms with E-state index in [-0.39, 0.29) is 31.4 Å². The number of hydrogen-bond acceptors (Lipinski definition) is 5. The van der Waals surface area contributed by atoms with E-state index in [0.29, 0.717) is 11.4 Å². The Bertz CT molecular complexity index is 807. The molecule has 3 rings (SSSR count). The first kappa shape index (κ1) is 16.9. The average molecular weight is 348 g/mol. The molecule has 0 saturated carbocycles. The van der Waals surface area contributed by atoms with Crippen LogP contribution in [0.4, 0.5) is 14.9 Å². The van der Waals surface area contributed by atoms with Crippen LogP contribution in [0.2, 0.25) is 0 Å². The van der Waals surface area contributed by atoms with Crippen LogP contribution >= 0.6 is 0 Å². The van der Waals surface area contributed by atoms with Crippen molar-refractivity contribution in [3.05, 3.63) is 42.2 Å². The van der Waals surface area contributed by atoms with E-state index in [1.165, 1.54) is 41.0 Å². The summed E-state index contributed by atoms with van der Waals surface area (Å²) in [6, 6.07) is 3.91. The zero-order valence-corrected chi connectivity index (χ0v) is 13.5. The molecule has 9 heteroatoms. The van der Waals surface area contributed by atoms with Crippen LogP contribution in [0.5, 0.6) is 0 Å². The van der Waals surface area contributed by atoms with Crippen LogP contribution in [0.25, 0.3) is 5.69 Å². The molecule has 2 aromatic rings. The Morgan fingerprint density at radius 1 is 1.52 bits per heavy atom. The molecule has 2 amide bonds. The number of aliphatic hydroxyl groups is 1. The number of amides is 2. The smallest absolute Gasteiger partial charge is 0.414 e. The number of halogens is 1. The summed E-state index contributed by atoms with van der Waals surface area (Å²) >= 11 is 0. The molecule has 1 aromatic heterocycles. The maximum atomic E-state index is 14.5. The lowest BCUT2D eigenvalue weighted by atomic mass is 10.2. The summed E-state index contributed by atoms with van der Waals surface area (Å²) in [4.78, 5) is 28.3. The van der Waals surface area contributed by atoms with Crippen LogP contribution in [-0.2, 0) is 16.1 Å². The van der Waals surface area contributed by atoms with E-state index in [9.17, 15) is 14.0 Å². The number of carbonyl (C=O) groups is 2. The second kappa shape index (κ2) is 6.89. The molecule has 0 bridgehead atoms. The highest BCUT2D eigenvalue weighted by Gasteiger charge is 2.34. The summed E-state index contributed by atoms with van der Waals surface area (Å²) in [6.45, 7) is 1.47. The molecule has 0 spiro atoms. The SMILES string of the molecule is CC(=O)NCC1COC(=O)N1c1ccc(-n2cnc(CO)c2)c(F)c1. The number of nitrogens with zero attached hydrogens (tertiary/aromatic N) is 3. The minimum atomic E-state index is -0.590. The van der Waals surface area contributed by atoms with Gasteiger partial charge in [0.2, 0.25) is 5.91 Å². The van der Waals surface area contributed by atoms with Gasteiger partial charge < -0.3 is 19.7 Å². The number of ether oxygens (including phenoxy) is 1. The normalized spacial score (nSPS) is 16.8. The molecule has 1 aliphatic rings. The first-order valence-electron chi connectivity index (χ1n) is 7.63. The van der Waals surface area contributed by atoms with Gasteiger partial charge in [0.1, 0.15) is 12.4 Å². The Morgan fingerprint density at radius 2 is 2.32 bits per heavy atom. The molecule has 1 aromatic carbocycles. The zero-order valence-electron chi connectivity index (χ0n) is 13.5. The third kappa shape index (κ3) is 3.45. The maximum absolute atomic E-state index is 14.5. The van der Waals surface area contributed by atoms with Gasteiger partial charge in [-0.1, -0.05) is 0 Å². The Kier molecular flexibility index (Phi) is 4.66. The standard InChI is InChI=1S/C16H17FN4O4/c1-10(23)18-5-13-8-25-16(24)21(13)12-2-3-15(14(17)4-12)20-6-11(7-22)19-9-20/h2-4,6,9,13,22H,5,7-8H2,1H3,(H,18,23). The molecule has 2 heterocycles. The van der Waals surface area contributed by atoms with Gasteiger partial charge in [-0.25, -0.2) is 14.2 Å². The summed E-state index contributed by atoms with van der Waals surface area (Å²) < 4.78 is 21.0. The highest BCUT2D eigenvalue weighted by atomic mass is 19.1. The lowest BCUT2D eigenvalue weighted by Crippen LogP contribution is -2.42. The molecule has 1 saturated heterocycles. The molecular weight excluding hydrogens is 331 g/mol. The minimum absolute atomic E-state index is 0.115. The largest absolute Gasteiger partial charge is 0.447 e. The van der Waals surface area contributed by atoms with Crippen LogP contribution in [0.15, 0.2) is 30.7 Å². The van der Waals surface area contributed by atoms with Crippen LogP contribution in [0, 0.1) is 5.82 Å². The first-order valence-corrected chi connectivity index (χ1v) is 7.63. The van der Waals surface area contributed by atoms with Gasteiger partial charge in [0.05, 0.1) is 36.0 Å². The molecule has 0 aliphatic carbocycles. The van der Waals surface area contributed by atoms with E-state index in [1.807, 2.05) is 0 Å². The predicted octanol–water partition coefficient (Wildman–Crippen LogP) is 0.965. The van der Waals surface area contributed by atoms with Gasteiger partial charge in [-0.3, -0.25) is 9.69 Å². The zero-order chi connectivity index (χ0) is 18.0. The second-order valence-electron chi connectivity index (χ2n) is 5.60. The van der Waals surface area contributed by atoms with Gasteiger partial charge in [0, 0.05) is 19.7 Å². The minimum Gasteiger partial charge on any atom is -0.447 e. The highest BCUT2D eigenvalue weighted by Crippen LogP contribution is 2.26. The summed E-state index contributed by atoms with van der Waals surface area (Å²) in [6.07, 6.45) is 2.32. The van der Waals surface area contributed by atoms with E-state index in [0.717, 1.165) is 0 Å². The summed E-state index contributed by atoms with van der Waals surface area (Å²) in [5.41, 5.74) is 0.991. The van der Waals surface area contributed by atoms with Crippen molar-refractivity contribution in [2.75, 3.05) is 18.1 Å². The van der Waals surface area contributed by atoms with Crippen molar-refractivity contribution in [2.45, 2.75) is 19.6 Å². The first-order chi connectivity index (χ1) is 12.0. The fourth-order valence-electron chi connectivity index (χ4n) is 2.62. The molecule has 1 atom stereocenters. The number of imidazole rings is 1. The van der Waals surface area contributed by atoms with Gasteiger partial charge in [-0.05, 0) is 18.2 Å². The highest BCUT2D eigenvalue weighted by molar-refractivity contribution is 5.90. The summed E-state index contributed by atoms with van der Waals surface area (Å²) in [5.74, 6) is -0.780. The van der Waals surface area contributed by atoms with E-state index in [1.54, 1.807) is 6.07 Å². The third-order valence-electron chi connectivity index (χ3n) is 3.83. The van der Waals surface area contributed by atoms with Crippen molar-refractivity contribution in [3.63, 3.8) is 0 Å². The van der Waals surface area contributed by atoms with Gasteiger partial charge in [-0.15, -0.1) is 0 Å². The van der Waals surface area contributed by atoms with Crippen molar-refractivity contribution >= 4 is 17.7 Å². The Balaban J connectivity index is 1.85. The molecule has 1 unspecified atom stereocenters. The van der Waals surface area contributed by atoms with Crippen molar-refractivity contribution in [3.8, 4) is 5.69 Å². The van der Waals surface area contributed by atoms with E-state index in [2.05, 4.69) is 10.3 Å². The van der Waals surface area contributed by atoms with Crippen molar-refractivity contribution in [1.82, 2.24) is 14.9 Å².